The smallest absolute Gasteiger partial charge is 0.0252 e. The minimum Gasteiger partial charge on any atom is -0.310 e. The minimum atomic E-state index is 0.280. The van der Waals surface area contributed by atoms with Crippen molar-refractivity contribution in [2.75, 3.05) is 19.6 Å². The third-order valence-electron chi connectivity index (χ3n) is 3.61. The molecule has 2 heteroatoms. The summed E-state index contributed by atoms with van der Waals surface area (Å²) < 4.78 is 0. The summed E-state index contributed by atoms with van der Waals surface area (Å²) in [5.74, 6) is 0.834. The summed E-state index contributed by atoms with van der Waals surface area (Å²) in [4.78, 5) is 2.67. The molecule has 0 aliphatic carbocycles. The standard InChI is InChI=1S/C14H30N2/c1-12(2)7-8-13(3)16-10-6-9-15-14(4,5)11-16/h12-13,15H,6-11H2,1-5H3. The van der Waals surface area contributed by atoms with Gasteiger partial charge in [-0.05, 0) is 59.0 Å². The Morgan fingerprint density at radius 2 is 1.88 bits per heavy atom. The molecular weight excluding hydrogens is 196 g/mol. The van der Waals surface area contributed by atoms with Gasteiger partial charge < -0.3 is 5.32 Å². The normalized spacial score (nSPS) is 24.4. The zero-order chi connectivity index (χ0) is 12.2. The van der Waals surface area contributed by atoms with Gasteiger partial charge in [0.15, 0.2) is 0 Å². The first kappa shape index (κ1) is 14.0. The Morgan fingerprint density at radius 3 is 2.50 bits per heavy atom. The summed E-state index contributed by atoms with van der Waals surface area (Å²) in [7, 11) is 0. The van der Waals surface area contributed by atoms with Gasteiger partial charge in [0.2, 0.25) is 0 Å². The van der Waals surface area contributed by atoms with Gasteiger partial charge in [0.25, 0.3) is 0 Å². The van der Waals surface area contributed by atoms with Gasteiger partial charge in [-0.2, -0.15) is 0 Å². The molecule has 1 aliphatic heterocycles. The number of hydrogen-bond donors (Lipinski definition) is 1. The first-order valence-corrected chi connectivity index (χ1v) is 6.90. The molecule has 1 saturated heterocycles. The second-order valence-corrected chi connectivity index (χ2v) is 6.45. The molecule has 1 rings (SSSR count). The lowest BCUT2D eigenvalue weighted by atomic mass is 10.0. The van der Waals surface area contributed by atoms with Crippen molar-refractivity contribution < 1.29 is 0 Å². The summed E-state index contributed by atoms with van der Waals surface area (Å²) >= 11 is 0. The van der Waals surface area contributed by atoms with Gasteiger partial charge in [0.05, 0.1) is 0 Å². The van der Waals surface area contributed by atoms with Crippen molar-refractivity contribution in [3.05, 3.63) is 0 Å². The first-order valence-electron chi connectivity index (χ1n) is 6.90. The van der Waals surface area contributed by atoms with Gasteiger partial charge >= 0.3 is 0 Å². The molecule has 0 radical (unpaired) electrons. The molecule has 0 aromatic rings. The van der Waals surface area contributed by atoms with Crippen molar-refractivity contribution in [2.45, 2.75) is 65.5 Å². The van der Waals surface area contributed by atoms with Crippen LogP contribution in [-0.2, 0) is 0 Å². The van der Waals surface area contributed by atoms with Crippen molar-refractivity contribution in [2.24, 2.45) is 5.92 Å². The maximum Gasteiger partial charge on any atom is 0.0252 e. The summed E-state index contributed by atoms with van der Waals surface area (Å²) in [6, 6.07) is 0.738. The molecule has 0 saturated carbocycles. The van der Waals surface area contributed by atoms with Crippen LogP contribution in [0.15, 0.2) is 0 Å². The van der Waals surface area contributed by atoms with E-state index >= 15 is 0 Å². The van der Waals surface area contributed by atoms with E-state index in [2.05, 4.69) is 44.8 Å². The number of hydrogen-bond acceptors (Lipinski definition) is 2. The third kappa shape index (κ3) is 4.84. The molecule has 1 unspecified atom stereocenters. The van der Waals surface area contributed by atoms with Crippen LogP contribution >= 0.6 is 0 Å². The van der Waals surface area contributed by atoms with Crippen molar-refractivity contribution in [1.29, 1.82) is 0 Å². The van der Waals surface area contributed by atoms with Crippen LogP contribution in [0.5, 0.6) is 0 Å². The van der Waals surface area contributed by atoms with Crippen LogP contribution in [-0.4, -0.2) is 36.1 Å². The lowest BCUT2D eigenvalue weighted by Crippen LogP contribution is -2.48. The van der Waals surface area contributed by atoms with Crippen LogP contribution in [0.25, 0.3) is 0 Å². The van der Waals surface area contributed by atoms with E-state index in [4.69, 9.17) is 0 Å². The fourth-order valence-electron chi connectivity index (χ4n) is 2.48. The fraction of sp³-hybridized carbons (Fsp3) is 1.00. The maximum absolute atomic E-state index is 3.63. The zero-order valence-electron chi connectivity index (χ0n) is 11.8. The summed E-state index contributed by atoms with van der Waals surface area (Å²) in [5, 5.41) is 3.63. The Bertz CT molecular complexity index is 199. The van der Waals surface area contributed by atoms with E-state index in [-0.39, 0.29) is 5.54 Å². The van der Waals surface area contributed by atoms with Crippen molar-refractivity contribution in [1.82, 2.24) is 10.2 Å². The zero-order valence-corrected chi connectivity index (χ0v) is 11.8. The summed E-state index contributed by atoms with van der Waals surface area (Å²) in [6.45, 7) is 15.3. The second kappa shape index (κ2) is 6.02. The molecule has 1 heterocycles. The van der Waals surface area contributed by atoms with Crippen LogP contribution in [0.4, 0.5) is 0 Å². The average Bonchev–Trinajstić information content (AvgIpc) is 2.35. The summed E-state index contributed by atoms with van der Waals surface area (Å²) in [5.41, 5.74) is 0.280. The Balaban J connectivity index is 2.44. The van der Waals surface area contributed by atoms with Crippen LogP contribution in [0.3, 0.4) is 0 Å². The Labute approximate surface area is 102 Å². The molecule has 1 atom stereocenters. The van der Waals surface area contributed by atoms with E-state index in [0.717, 1.165) is 12.0 Å². The van der Waals surface area contributed by atoms with Crippen molar-refractivity contribution >= 4 is 0 Å². The maximum atomic E-state index is 3.63. The SMILES string of the molecule is CC(C)CCC(C)N1CCCNC(C)(C)C1. The highest BCUT2D eigenvalue weighted by Crippen LogP contribution is 2.17. The third-order valence-corrected chi connectivity index (χ3v) is 3.61. The van der Waals surface area contributed by atoms with Crippen LogP contribution in [0.2, 0.25) is 0 Å². The van der Waals surface area contributed by atoms with E-state index in [1.165, 1.54) is 38.9 Å². The van der Waals surface area contributed by atoms with Crippen molar-refractivity contribution in [3.8, 4) is 0 Å². The van der Waals surface area contributed by atoms with Gasteiger partial charge in [-0.3, -0.25) is 4.90 Å². The number of nitrogens with one attached hydrogen (secondary N) is 1. The molecule has 16 heavy (non-hydrogen) atoms. The highest BCUT2D eigenvalue weighted by Gasteiger charge is 2.26. The van der Waals surface area contributed by atoms with E-state index in [0.29, 0.717) is 0 Å². The predicted molar refractivity (Wildman–Crippen MR) is 71.8 cm³/mol. The number of nitrogens with zero attached hydrogens (tertiary/aromatic N) is 1. The molecule has 0 amide bonds. The topological polar surface area (TPSA) is 15.3 Å². The van der Waals surface area contributed by atoms with Gasteiger partial charge in [-0.1, -0.05) is 13.8 Å². The Hall–Kier alpha value is -0.0800. The quantitative estimate of drug-likeness (QED) is 0.793. The summed E-state index contributed by atoms with van der Waals surface area (Å²) in [6.07, 6.45) is 3.98. The molecule has 0 aromatic heterocycles. The van der Waals surface area contributed by atoms with Crippen LogP contribution in [0, 0.1) is 5.92 Å². The van der Waals surface area contributed by atoms with Gasteiger partial charge in [0.1, 0.15) is 0 Å². The van der Waals surface area contributed by atoms with E-state index in [1.54, 1.807) is 0 Å². The fourth-order valence-corrected chi connectivity index (χ4v) is 2.48. The molecule has 1 aliphatic rings. The molecule has 0 bridgehead atoms. The monoisotopic (exact) mass is 226 g/mol. The average molecular weight is 226 g/mol. The predicted octanol–water partition coefficient (Wildman–Crippen LogP) is 2.89. The molecule has 1 fully saturated rings. The van der Waals surface area contributed by atoms with Crippen LogP contribution < -0.4 is 5.32 Å². The highest BCUT2D eigenvalue weighted by atomic mass is 15.2. The largest absolute Gasteiger partial charge is 0.310 e. The van der Waals surface area contributed by atoms with E-state index < -0.39 is 0 Å². The Kier molecular flexibility index (Phi) is 5.26. The second-order valence-electron chi connectivity index (χ2n) is 6.45. The molecular formula is C14H30N2. The number of rotatable bonds is 4. The molecule has 2 nitrogen and oxygen atoms in total. The highest BCUT2D eigenvalue weighted by molar-refractivity contribution is 4.86. The van der Waals surface area contributed by atoms with Crippen LogP contribution in [0.1, 0.15) is 53.9 Å². The Morgan fingerprint density at radius 1 is 1.19 bits per heavy atom. The van der Waals surface area contributed by atoms with Gasteiger partial charge in [-0.25, -0.2) is 0 Å². The molecule has 1 N–H and O–H groups in total. The van der Waals surface area contributed by atoms with Gasteiger partial charge in [0, 0.05) is 18.1 Å². The van der Waals surface area contributed by atoms with E-state index in [1.807, 2.05) is 0 Å². The first-order chi connectivity index (χ1) is 7.41. The van der Waals surface area contributed by atoms with Crippen molar-refractivity contribution in [3.63, 3.8) is 0 Å². The molecule has 0 aromatic carbocycles. The molecule has 96 valence electrons. The lowest BCUT2D eigenvalue weighted by molar-refractivity contribution is 0.167. The minimum absolute atomic E-state index is 0.280. The van der Waals surface area contributed by atoms with Gasteiger partial charge in [-0.15, -0.1) is 0 Å². The van der Waals surface area contributed by atoms with E-state index in [9.17, 15) is 0 Å². The lowest BCUT2D eigenvalue weighted by Gasteiger charge is -2.34. The molecule has 0 spiro atoms.